The molecule has 6 heteroatoms. The molecule has 0 unspecified atom stereocenters. The summed E-state index contributed by atoms with van der Waals surface area (Å²) in [6, 6.07) is 3.18. The molecule has 0 bridgehead atoms. The third-order valence-electron chi connectivity index (χ3n) is 2.88. The van der Waals surface area contributed by atoms with Crippen molar-refractivity contribution in [3.05, 3.63) is 24.5 Å². The average molecular weight is 256 g/mol. The van der Waals surface area contributed by atoms with Crippen molar-refractivity contribution in [2.75, 3.05) is 26.8 Å². The van der Waals surface area contributed by atoms with Crippen LogP contribution in [0.2, 0.25) is 0 Å². The molecule has 0 spiro atoms. The molecule has 1 atom stereocenters. The predicted octanol–water partition coefficient (Wildman–Crippen LogP) is 0.739. The standard InChI is InChI=1S/C11H16N2O3S/c1-13(8-10-4-6-16-9-10)17(14,15)11-3-2-5-12-7-11/h2-3,5,7,10H,4,6,8-9H2,1H3/t10-/m1/s1. The Morgan fingerprint density at radius 2 is 2.41 bits per heavy atom. The molecule has 1 saturated heterocycles. The SMILES string of the molecule is CN(C[C@H]1CCOC1)S(=O)(=O)c1cccnc1. The summed E-state index contributed by atoms with van der Waals surface area (Å²) in [6.07, 6.45) is 3.85. The van der Waals surface area contributed by atoms with Crippen LogP contribution in [0.4, 0.5) is 0 Å². The van der Waals surface area contributed by atoms with E-state index >= 15 is 0 Å². The summed E-state index contributed by atoms with van der Waals surface area (Å²) in [5.74, 6) is 0.298. The monoisotopic (exact) mass is 256 g/mol. The first kappa shape index (κ1) is 12.5. The Morgan fingerprint density at radius 1 is 1.59 bits per heavy atom. The van der Waals surface area contributed by atoms with E-state index in [0.717, 1.165) is 13.0 Å². The maximum atomic E-state index is 12.2. The molecule has 17 heavy (non-hydrogen) atoms. The van der Waals surface area contributed by atoms with Gasteiger partial charge in [0.1, 0.15) is 4.90 Å². The smallest absolute Gasteiger partial charge is 0.244 e. The van der Waals surface area contributed by atoms with Crippen LogP contribution in [0, 0.1) is 5.92 Å². The second-order valence-electron chi connectivity index (χ2n) is 4.20. The molecule has 1 aliphatic heterocycles. The van der Waals surface area contributed by atoms with Crippen molar-refractivity contribution in [3.63, 3.8) is 0 Å². The highest BCUT2D eigenvalue weighted by Crippen LogP contribution is 2.18. The lowest BCUT2D eigenvalue weighted by Gasteiger charge is -2.19. The first-order chi connectivity index (χ1) is 8.10. The van der Waals surface area contributed by atoms with E-state index in [0.29, 0.717) is 19.1 Å². The zero-order valence-electron chi connectivity index (χ0n) is 9.74. The third kappa shape index (κ3) is 2.83. The number of rotatable bonds is 4. The van der Waals surface area contributed by atoms with E-state index in [-0.39, 0.29) is 4.90 Å². The fourth-order valence-electron chi connectivity index (χ4n) is 1.87. The van der Waals surface area contributed by atoms with Crippen LogP contribution in [-0.4, -0.2) is 44.5 Å². The van der Waals surface area contributed by atoms with E-state index in [1.807, 2.05) is 0 Å². The lowest BCUT2D eigenvalue weighted by Crippen LogP contribution is -2.32. The van der Waals surface area contributed by atoms with Crippen LogP contribution in [0.5, 0.6) is 0 Å². The topological polar surface area (TPSA) is 59.5 Å². The van der Waals surface area contributed by atoms with Gasteiger partial charge in [-0.1, -0.05) is 0 Å². The molecule has 94 valence electrons. The van der Waals surface area contributed by atoms with E-state index in [2.05, 4.69) is 4.98 Å². The van der Waals surface area contributed by atoms with E-state index in [4.69, 9.17) is 4.74 Å². The first-order valence-corrected chi connectivity index (χ1v) is 6.99. The summed E-state index contributed by atoms with van der Waals surface area (Å²) >= 11 is 0. The number of pyridine rings is 1. The molecule has 2 heterocycles. The van der Waals surface area contributed by atoms with E-state index in [9.17, 15) is 8.42 Å². The van der Waals surface area contributed by atoms with Gasteiger partial charge in [0.25, 0.3) is 0 Å². The molecule has 0 radical (unpaired) electrons. The maximum absolute atomic E-state index is 12.2. The highest BCUT2D eigenvalue weighted by molar-refractivity contribution is 7.89. The van der Waals surface area contributed by atoms with Gasteiger partial charge in [-0.3, -0.25) is 4.98 Å². The van der Waals surface area contributed by atoms with Gasteiger partial charge in [0.15, 0.2) is 0 Å². The summed E-state index contributed by atoms with van der Waals surface area (Å²) in [7, 11) is -1.81. The van der Waals surface area contributed by atoms with Crippen LogP contribution in [0.25, 0.3) is 0 Å². The molecule has 5 nitrogen and oxygen atoms in total. The molecule has 0 N–H and O–H groups in total. The molecule has 0 aromatic carbocycles. The fraction of sp³-hybridized carbons (Fsp3) is 0.545. The number of ether oxygens (including phenoxy) is 1. The van der Waals surface area contributed by atoms with E-state index in [1.165, 1.54) is 10.5 Å². The van der Waals surface area contributed by atoms with Gasteiger partial charge in [0.05, 0.1) is 6.61 Å². The lowest BCUT2D eigenvalue weighted by atomic mass is 10.1. The summed E-state index contributed by atoms with van der Waals surface area (Å²) < 4.78 is 31.0. The van der Waals surface area contributed by atoms with Gasteiger partial charge in [-0.2, -0.15) is 0 Å². The molecule has 1 fully saturated rings. The van der Waals surface area contributed by atoms with Crippen LogP contribution in [0.3, 0.4) is 0 Å². The molecule has 0 amide bonds. The van der Waals surface area contributed by atoms with Gasteiger partial charge in [-0.25, -0.2) is 12.7 Å². The van der Waals surface area contributed by atoms with E-state index < -0.39 is 10.0 Å². The Balaban J connectivity index is 2.09. The third-order valence-corrected chi connectivity index (χ3v) is 4.69. The Bertz CT molecular complexity index is 455. The lowest BCUT2D eigenvalue weighted by molar-refractivity contribution is 0.182. The van der Waals surface area contributed by atoms with Crippen molar-refractivity contribution in [2.24, 2.45) is 5.92 Å². The Kier molecular flexibility index (Phi) is 3.76. The van der Waals surface area contributed by atoms with Gasteiger partial charge in [0, 0.05) is 32.6 Å². The van der Waals surface area contributed by atoms with E-state index in [1.54, 1.807) is 25.4 Å². The van der Waals surface area contributed by atoms with Gasteiger partial charge in [-0.05, 0) is 24.5 Å². The van der Waals surface area contributed by atoms with Crippen LogP contribution < -0.4 is 0 Å². The molecule has 0 aliphatic carbocycles. The molecular formula is C11H16N2O3S. The largest absolute Gasteiger partial charge is 0.381 e. The molecule has 2 rings (SSSR count). The van der Waals surface area contributed by atoms with Crippen LogP contribution >= 0.6 is 0 Å². The van der Waals surface area contributed by atoms with Crippen molar-refractivity contribution in [1.82, 2.24) is 9.29 Å². The van der Waals surface area contributed by atoms with Gasteiger partial charge in [-0.15, -0.1) is 0 Å². The van der Waals surface area contributed by atoms with Crippen molar-refractivity contribution in [2.45, 2.75) is 11.3 Å². The highest BCUT2D eigenvalue weighted by atomic mass is 32.2. The quantitative estimate of drug-likeness (QED) is 0.797. The van der Waals surface area contributed by atoms with Crippen molar-refractivity contribution in [1.29, 1.82) is 0 Å². The summed E-state index contributed by atoms with van der Waals surface area (Å²) in [5, 5.41) is 0. The number of sulfonamides is 1. The highest BCUT2D eigenvalue weighted by Gasteiger charge is 2.25. The molecule has 1 aromatic heterocycles. The number of hydrogen-bond donors (Lipinski definition) is 0. The first-order valence-electron chi connectivity index (χ1n) is 5.55. The Labute approximate surface area is 101 Å². The zero-order chi connectivity index (χ0) is 12.3. The second-order valence-corrected chi connectivity index (χ2v) is 6.25. The Morgan fingerprint density at radius 3 is 3.00 bits per heavy atom. The second kappa shape index (κ2) is 5.12. The van der Waals surface area contributed by atoms with Crippen molar-refractivity contribution in [3.8, 4) is 0 Å². The van der Waals surface area contributed by atoms with Crippen LogP contribution in [0.1, 0.15) is 6.42 Å². The summed E-state index contributed by atoms with van der Waals surface area (Å²) in [4.78, 5) is 4.07. The molecule has 1 aromatic rings. The van der Waals surface area contributed by atoms with Gasteiger partial charge >= 0.3 is 0 Å². The van der Waals surface area contributed by atoms with Crippen LogP contribution in [0.15, 0.2) is 29.4 Å². The van der Waals surface area contributed by atoms with Gasteiger partial charge < -0.3 is 4.74 Å². The van der Waals surface area contributed by atoms with Crippen molar-refractivity contribution < 1.29 is 13.2 Å². The Hall–Kier alpha value is -0.980. The van der Waals surface area contributed by atoms with Gasteiger partial charge in [0.2, 0.25) is 10.0 Å². The minimum Gasteiger partial charge on any atom is -0.381 e. The molecular weight excluding hydrogens is 240 g/mol. The number of nitrogens with zero attached hydrogens (tertiary/aromatic N) is 2. The fourth-order valence-corrected chi connectivity index (χ4v) is 3.08. The number of hydrogen-bond acceptors (Lipinski definition) is 4. The average Bonchev–Trinajstić information content (AvgIpc) is 2.83. The summed E-state index contributed by atoms with van der Waals surface area (Å²) in [5.41, 5.74) is 0. The number of aromatic nitrogens is 1. The van der Waals surface area contributed by atoms with Crippen molar-refractivity contribution >= 4 is 10.0 Å². The minimum absolute atomic E-state index is 0.237. The molecule has 0 saturated carbocycles. The van der Waals surface area contributed by atoms with Crippen LogP contribution in [-0.2, 0) is 14.8 Å². The maximum Gasteiger partial charge on any atom is 0.244 e. The minimum atomic E-state index is -3.41. The zero-order valence-corrected chi connectivity index (χ0v) is 10.6. The normalized spacial score (nSPS) is 20.9. The predicted molar refractivity (Wildman–Crippen MR) is 63.0 cm³/mol. The molecule has 1 aliphatic rings. The summed E-state index contributed by atoms with van der Waals surface area (Å²) in [6.45, 7) is 1.87.